The maximum absolute atomic E-state index is 12.2. The maximum atomic E-state index is 12.2. The highest BCUT2D eigenvalue weighted by Gasteiger charge is 2.07. The zero-order chi connectivity index (χ0) is 19.9. The predicted octanol–water partition coefficient (Wildman–Crippen LogP) is 6.54. The number of carbonyl (C=O) groups excluding carboxylic acids is 1. The molecule has 0 amide bonds. The van der Waals surface area contributed by atoms with E-state index in [0.29, 0.717) is 5.75 Å². The Labute approximate surface area is 167 Å². The number of esters is 1. The van der Waals surface area contributed by atoms with Gasteiger partial charge < -0.3 is 4.74 Å². The third kappa shape index (κ3) is 5.20. The lowest BCUT2D eigenvalue weighted by Gasteiger charge is -2.09. The van der Waals surface area contributed by atoms with Crippen LogP contribution in [0.5, 0.6) is 5.75 Å². The summed E-state index contributed by atoms with van der Waals surface area (Å²) >= 11 is 0. The lowest BCUT2D eigenvalue weighted by Crippen LogP contribution is -2.06. The molecular weight excluding hydrogens is 344 g/mol. The highest BCUT2D eigenvalue weighted by Crippen LogP contribution is 2.23. The minimum atomic E-state index is -0.358. The van der Waals surface area contributed by atoms with Crippen LogP contribution in [0.25, 0.3) is 17.2 Å². The summed E-state index contributed by atoms with van der Waals surface area (Å²) in [6.07, 6.45) is 5.18. The van der Waals surface area contributed by atoms with Gasteiger partial charge in [0.05, 0.1) is 0 Å². The first-order valence-electron chi connectivity index (χ1n) is 9.71. The molecule has 2 heteroatoms. The highest BCUT2D eigenvalue weighted by molar-refractivity contribution is 5.89. The van der Waals surface area contributed by atoms with Crippen molar-refractivity contribution < 1.29 is 9.53 Å². The highest BCUT2D eigenvalue weighted by atomic mass is 16.5. The van der Waals surface area contributed by atoms with Gasteiger partial charge in [-0.2, -0.15) is 0 Å². The molecule has 0 aromatic heterocycles. The van der Waals surface area contributed by atoms with Gasteiger partial charge in [-0.1, -0.05) is 85.1 Å². The van der Waals surface area contributed by atoms with Gasteiger partial charge in [-0.3, -0.25) is 0 Å². The fraction of sp³-hybridized carbons (Fsp3) is 0.192. The molecule has 0 bridgehead atoms. The third-order valence-corrected chi connectivity index (χ3v) is 4.65. The molecule has 2 nitrogen and oxygen atoms in total. The van der Waals surface area contributed by atoms with E-state index in [1.165, 1.54) is 22.8 Å². The second-order valence-corrected chi connectivity index (χ2v) is 7.10. The number of benzene rings is 3. The van der Waals surface area contributed by atoms with Crippen LogP contribution in [0.1, 0.15) is 35.6 Å². The molecule has 0 aliphatic rings. The van der Waals surface area contributed by atoms with Gasteiger partial charge in [0, 0.05) is 6.08 Å². The first kappa shape index (κ1) is 19.6. The summed E-state index contributed by atoms with van der Waals surface area (Å²) in [7, 11) is 0. The van der Waals surface area contributed by atoms with Crippen molar-refractivity contribution in [1.82, 2.24) is 0 Å². The fourth-order valence-corrected chi connectivity index (χ4v) is 3.11. The molecule has 142 valence electrons. The summed E-state index contributed by atoms with van der Waals surface area (Å²) in [5, 5.41) is 0. The van der Waals surface area contributed by atoms with Crippen molar-refractivity contribution in [2.45, 2.75) is 33.6 Å². The Kier molecular flexibility index (Phi) is 6.44. The van der Waals surface area contributed by atoms with Gasteiger partial charge in [0.25, 0.3) is 0 Å². The van der Waals surface area contributed by atoms with Crippen molar-refractivity contribution in [3.8, 4) is 16.9 Å². The van der Waals surface area contributed by atoms with E-state index in [9.17, 15) is 4.79 Å². The third-order valence-electron chi connectivity index (χ3n) is 4.65. The molecule has 0 aliphatic heterocycles. The number of rotatable bonds is 6. The monoisotopic (exact) mass is 370 g/mol. The van der Waals surface area contributed by atoms with Crippen molar-refractivity contribution in [2.75, 3.05) is 0 Å². The first-order chi connectivity index (χ1) is 13.5. The lowest BCUT2D eigenvalue weighted by molar-refractivity contribution is -0.128. The normalized spacial score (nSPS) is 11.0. The minimum Gasteiger partial charge on any atom is -0.423 e. The van der Waals surface area contributed by atoms with Gasteiger partial charge in [0.2, 0.25) is 0 Å². The molecule has 0 aliphatic carbocycles. The molecule has 28 heavy (non-hydrogen) atoms. The SMILES string of the molecule is CCCc1cc(C)ccc1OC(=O)/C=C/c1ccc(-c2ccc(C)cc2)cc1. The van der Waals surface area contributed by atoms with Crippen LogP contribution in [0.4, 0.5) is 0 Å². The summed E-state index contributed by atoms with van der Waals surface area (Å²) in [6, 6.07) is 22.5. The Morgan fingerprint density at radius 1 is 0.857 bits per heavy atom. The van der Waals surface area contributed by atoms with Gasteiger partial charge in [0.15, 0.2) is 0 Å². The molecule has 0 saturated carbocycles. The van der Waals surface area contributed by atoms with Gasteiger partial charge >= 0.3 is 5.97 Å². The van der Waals surface area contributed by atoms with E-state index in [0.717, 1.165) is 29.5 Å². The van der Waals surface area contributed by atoms with E-state index in [1.54, 1.807) is 6.08 Å². The molecule has 3 aromatic rings. The van der Waals surface area contributed by atoms with Crippen LogP contribution in [-0.4, -0.2) is 5.97 Å². The topological polar surface area (TPSA) is 26.3 Å². The first-order valence-corrected chi connectivity index (χ1v) is 9.71. The molecule has 0 heterocycles. The minimum absolute atomic E-state index is 0.358. The second-order valence-electron chi connectivity index (χ2n) is 7.10. The predicted molar refractivity (Wildman–Crippen MR) is 116 cm³/mol. The quantitative estimate of drug-likeness (QED) is 0.280. The van der Waals surface area contributed by atoms with Crippen LogP contribution in [0.15, 0.2) is 72.8 Å². The van der Waals surface area contributed by atoms with E-state index < -0.39 is 0 Å². The van der Waals surface area contributed by atoms with Crippen molar-refractivity contribution >= 4 is 12.0 Å². The standard InChI is InChI=1S/C26H26O2/c1-4-5-24-18-20(3)8-16-25(24)28-26(27)17-11-21-9-14-23(15-10-21)22-12-6-19(2)7-13-22/h6-18H,4-5H2,1-3H3/b17-11+. The average molecular weight is 370 g/mol. The van der Waals surface area contributed by atoms with E-state index >= 15 is 0 Å². The maximum Gasteiger partial charge on any atom is 0.336 e. The van der Waals surface area contributed by atoms with E-state index in [-0.39, 0.29) is 5.97 Å². The van der Waals surface area contributed by atoms with Crippen LogP contribution >= 0.6 is 0 Å². The summed E-state index contributed by atoms with van der Waals surface area (Å²) < 4.78 is 5.55. The Hall–Kier alpha value is -3.13. The molecule has 0 fully saturated rings. The number of ether oxygens (including phenoxy) is 1. The van der Waals surface area contributed by atoms with Crippen molar-refractivity contribution in [3.63, 3.8) is 0 Å². The van der Waals surface area contributed by atoms with Crippen LogP contribution in [0.2, 0.25) is 0 Å². The molecular formula is C26H26O2. The van der Waals surface area contributed by atoms with Crippen LogP contribution in [0, 0.1) is 13.8 Å². The molecule has 3 aromatic carbocycles. The molecule has 0 atom stereocenters. The lowest BCUT2D eigenvalue weighted by atomic mass is 10.0. The van der Waals surface area contributed by atoms with Crippen LogP contribution in [-0.2, 0) is 11.2 Å². The van der Waals surface area contributed by atoms with Crippen molar-refractivity contribution in [2.24, 2.45) is 0 Å². The average Bonchev–Trinajstić information content (AvgIpc) is 2.70. The Bertz CT molecular complexity index is 964. The van der Waals surface area contributed by atoms with Crippen LogP contribution in [0.3, 0.4) is 0 Å². The summed E-state index contributed by atoms with van der Waals surface area (Å²) in [4.78, 5) is 12.2. The number of hydrogen-bond acceptors (Lipinski definition) is 2. The van der Waals surface area contributed by atoms with E-state index in [4.69, 9.17) is 4.74 Å². The molecule has 0 unspecified atom stereocenters. The second kappa shape index (κ2) is 9.18. The molecule has 0 spiro atoms. The Balaban J connectivity index is 1.67. The summed E-state index contributed by atoms with van der Waals surface area (Å²) in [5.41, 5.74) is 6.80. The van der Waals surface area contributed by atoms with E-state index in [2.05, 4.69) is 56.3 Å². The van der Waals surface area contributed by atoms with Crippen LogP contribution < -0.4 is 4.74 Å². The Morgan fingerprint density at radius 2 is 1.46 bits per heavy atom. The van der Waals surface area contributed by atoms with Gasteiger partial charge in [-0.15, -0.1) is 0 Å². The zero-order valence-electron chi connectivity index (χ0n) is 16.7. The van der Waals surface area contributed by atoms with Crippen molar-refractivity contribution in [1.29, 1.82) is 0 Å². The largest absolute Gasteiger partial charge is 0.423 e. The number of aryl methyl sites for hydroxylation is 3. The molecule has 0 N–H and O–H groups in total. The fourth-order valence-electron chi connectivity index (χ4n) is 3.11. The molecule has 3 rings (SSSR count). The van der Waals surface area contributed by atoms with Gasteiger partial charge in [0.1, 0.15) is 5.75 Å². The van der Waals surface area contributed by atoms with Gasteiger partial charge in [-0.25, -0.2) is 4.79 Å². The molecule has 0 radical (unpaired) electrons. The summed E-state index contributed by atoms with van der Waals surface area (Å²) in [5.74, 6) is 0.292. The summed E-state index contributed by atoms with van der Waals surface area (Å²) in [6.45, 7) is 6.25. The zero-order valence-corrected chi connectivity index (χ0v) is 16.7. The Morgan fingerprint density at radius 3 is 2.11 bits per heavy atom. The number of hydrogen-bond donors (Lipinski definition) is 0. The van der Waals surface area contributed by atoms with Gasteiger partial charge in [-0.05, 0) is 54.7 Å². The van der Waals surface area contributed by atoms with Crippen molar-refractivity contribution in [3.05, 3.63) is 95.1 Å². The van der Waals surface area contributed by atoms with E-state index in [1.807, 2.05) is 31.2 Å². The number of carbonyl (C=O) groups is 1. The smallest absolute Gasteiger partial charge is 0.336 e. The molecule has 0 saturated heterocycles.